The smallest absolute Gasteiger partial charge is 0.323 e. The van der Waals surface area contributed by atoms with Gasteiger partial charge in [-0.2, -0.15) is 11.8 Å². The Morgan fingerprint density at radius 1 is 1.44 bits per heavy atom. The number of carboxylic acid groups (broad SMARTS) is 1. The van der Waals surface area contributed by atoms with Crippen LogP contribution in [0, 0.1) is 0 Å². The lowest BCUT2D eigenvalue weighted by atomic mass is 9.97. The third-order valence-corrected chi connectivity index (χ3v) is 4.24. The topological polar surface area (TPSA) is 49.3 Å². The van der Waals surface area contributed by atoms with Gasteiger partial charge in [0, 0.05) is 11.3 Å². The first-order valence-electron chi connectivity index (χ1n) is 6.02. The van der Waals surface area contributed by atoms with Crippen molar-refractivity contribution in [3.8, 4) is 0 Å². The second-order valence-corrected chi connectivity index (χ2v) is 7.12. The number of hydrogen-bond donors (Lipinski definition) is 2. The molecule has 0 radical (unpaired) electrons. The van der Waals surface area contributed by atoms with Crippen molar-refractivity contribution < 1.29 is 9.90 Å². The van der Waals surface area contributed by atoms with E-state index in [4.69, 9.17) is 0 Å². The molecule has 0 aromatic heterocycles. The third kappa shape index (κ3) is 3.39. The minimum Gasteiger partial charge on any atom is -0.480 e. The molecule has 0 heterocycles. The summed E-state index contributed by atoms with van der Waals surface area (Å²) in [5.74, 6) is -0.687. The van der Waals surface area contributed by atoms with Crippen LogP contribution in [0.3, 0.4) is 0 Å². The number of nitrogens with one attached hydrogen (secondary N) is 1. The lowest BCUT2D eigenvalue weighted by Crippen LogP contribution is -2.53. The van der Waals surface area contributed by atoms with Crippen LogP contribution < -0.4 is 5.32 Å². The molecule has 0 spiro atoms. The SMILES string of the molecule is CC(C)NC1(C(=O)O)CCC(SC(C)C)C1. The van der Waals surface area contributed by atoms with Crippen molar-refractivity contribution in [2.45, 2.75) is 69.0 Å². The summed E-state index contributed by atoms with van der Waals surface area (Å²) in [6, 6.07) is 0.221. The molecule has 0 aromatic carbocycles. The number of aliphatic carboxylic acids is 1. The van der Waals surface area contributed by atoms with Gasteiger partial charge in [-0.1, -0.05) is 13.8 Å². The zero-order chi connectivity index (χ0) is 12.3. The van der Waals surface area contributed by atoms with E-state index in [-0.39, 0.29) is 6.04 Å². The first kappa shape index (κ1) is 13.8. The normalized spacial score (nSPS) is 30.2. The van der Waals surface area contributed by atoms with Crippen LogP contribution in [0.1, 0.15) is 47.0 Å². The zero-order valence-electron chi connectivity index (χ0n) is 10.6. The number of thioether (sulfide) groups is 1. The highest BCUT2D eigenvalue weighted by atomic mass is 32.2. The minimum atomic E-state index is -0.687. The van der Waals surface area contributed by atoms with Crippen LogP contribution in [-0.4, -0.2) is 33.2 Å². The summed E-state index contributed by atoms with van der Waals surface area (Å²) in [5, 5.41) is 13.7. The molecule has 1 fully saturated rings. The number of rotatable bonds is 5. The standard InChI is InChI=1S/C12H23NO2S/c1-8(2)13-12(11(14)15)6-5-10(7-12)16-9(3)4/h8-10,13H,5-7H2,1-4H3,(H,14,15). The van der Waals surface area contributed by atoms with Crippen LogP contribution in [0.4, 0.5) is 0 Å². The van der Waals surface area contributed by atoms with Crippen LogP contribution in [0.25, 0.3) is 0 Å². The largest absolute Gasteiger partial charge is 0.480 e. The fraction of sp³-hybridized carbons (Fsp3) is 0.917. The Balaban J connectivity index is 2.65. The van der Waals surface area contributed by atoms with Crippen LogP contribution >= 0.6 is 11.8 Å². The second kappa shape index (κ2) is 5.41. The number of carbonyl (C=O) groups is 1. The molecule has 2 N–H and O–H groups in total. The van der Waals surface area contributed by atoms with Gasteiger partial charge in [0.15, 0.2) is 0 Å². The highest BCUT2D eigenvalue weighted by Gasteiger charge is 2.45. The molecule has 0 aromatic rings. The zero-order valence-corrected chi connectivity index (χ0v) is 11.4. The van der Waals surface area contributed by atoms with Crippen molar-refractivity contribution >= 4 is 17.7 Å². The minimum absolute atomic E-state index is 0.221. The first-order chi connectivity index (χ1) is 7.35. The number of hydrogen-bond acceptors (Lipinski definition) is 3. The van der Waals surface area contributed by atoms with Gasteiger partial charge in [0.1, 0.15) is 5.54 Å². The summed E-state index contributed by atoms with van der Waals surface area (Å²) in [6.45, 7) is 8.35. The van der Waals surface area contributed by atoms with E-state index in [9.17, 15) is 9.90 Å². The average molecular weight is 245 g/mol. The Bertz CT molecular complexity index is 255. The van der Waals surface area contributed by atoms with Crippen LogP contribution in [0.2, 0.25) is 0 Å². The van der Waals surface area contributed by atoms with Crippen LogP contribution in [0.15, 0.2) is 0 Å². The molecule has 0 bridgehead atoms. The highest BCUT2D eigenvalue weighted by molar-refractivity contribution is 8.00. The summed E-state index contributed by atoms with van der Waals surface area (Å²) in [4.78, 5) is 11.4. The summed E-state index contributed by atoms with van der Waals surface area (Å²) >= 11 is 1.91. The van der Waals surface area contributed by atoms with Gasteiger partial charge in [-0.25, -0.2) is 0 Å². The Morgan fingerprint density at radius 2 is 2.06 bits per heavy atom. The van der Waals surface area contributed by atoms with Crippen molar-refractivity contribution in [1.29, 1.82) is 0 Å². The summed E-state index contributed by atoms with van der Waals surface area (Å²) in [6.07, 6.45) is 2.52. The lowest BCUT2D eigenvalue weighted by Gasteiger charge is -2.28. The molecule has 2 unspecified atom stereocenters. The summed E-state index contributed by atoms with van der Waals surface area (Å²) in [5.41, 5.74) is -0.680. The lowest BCUT2D eigenvalue weighted by molar-refractivity contribution is -0.145. The number of carboxylic acids is 1. The molecule has 0 amide bonds. The maximum Gasteiger partial charge on any atom is 0.323 e. The van der Waals surface area contributed by atoms with Gasteiger partial charge in [-0.05, 0) is 38.4 Å². The van der Waals surface area contributed by atoms with Crippen LogP contribution in [-0.2, 0) is 4.79 Å². The molecule has 1 rings (SSSR count). The molecule has 1 aliphatic carbocycles. The molecule has 1 aliphatic rings. The first-order valence-corrected chi connectivity index (χ1v) is 6.96. The molecule has 1 saturated carbocycles. The van der Waals surface area contributed by atoms with Gasteiger partial charge in [0.25, 0.3) is 0 Å². The van der Waals surface area contributed by atoms with Crippen molar-refractivity contribution in [3.05, 3.63) is 0 Å². The maximum atomic E-state index is 11.4. The monoisotopic (exact) mass is 245 g/mol. The van der Waals surface area contributed by atoms with Crippen molar-refractivity contribution in [3.63, 3.8) is 0 Å². The third-order valence-electron chi connectivity index (χ3n) is 2.91. The van der Waals surface area contributed by atoms with Crippen LogP contribution in [0.5, 0.6) is 0 Å². The van der Waals surface area contributed by atoms with E-state index in [1.807, 2.05) is 25.6 Å². The van der Waals surface area contributed by atoms with E-state index in [1.165, 1.54) is 0 Å². The predicted octanol–water partition coefficient (Wildman–Crippen LogP) is 2.50. The molecular formula is C12H23NO2S. The van der Waals surface area contributed by atoms with Gasteiger partial charge in [-0.3, -0.25) is 10.1 Å². The predicted molar refractivity (Wildman–Crippen MR) is 69.0 cm³/mol. The van der Waals surface area contributed by atoms with Crippen molar-refractivity contribution in [2.24, 2.45) is 0 Å². The molecule has 4 heteroatoms. The molecular weight excluding hydrogens is 222 g/mol. The van der Waals surface area contributed by atoms with E-state index in [1.54, 1.807) is 0 Å². The molecule has 0 aliphatic heterocycles. The van der Waals surface area contributed by atoms with Gasteiger partial charge >= 0.3 is 5.97 Å². The summed E-state index contributed by atoms with van der Waals surface area (Å²) in [7, 11) is 0. The Hall–Kier alpha value is -0.220. The van der Waals surface area contributed by atoms with Gasteiger partial charge in [-0.15, -0.1) is 0 Å². The van der Waals surface area contributed by atoms with Gasteiger partial charge in [0.05, 0.1) is 0 Å². The Kier molecular flexibility index (Phi) is 4.68. The average Bonchev–Trinajstić information content (AvgIpc) is 2.47. The molecule has 2 atom stereocenters. The second-order valence-electron chi connectivity index (χ2n) is 5.24. The van der Waals surface area contributed by atoms with Gasteiger partial charge in [0.2, 0.25) is 0 Å². The molecule has 3 nitrogen and oxygen atoms in total. The van der Waals surface area contributed by atoms with E-state index in [0.717, 1.165) is 19.3 Å². The maximum absolute atomic E-state index is 11.4. The Labute approximate surface area is 102 Å². The fourth-order valence-corrected chi connectivity index (χ4v) is 3.85. The Morgan fingerprint density at radius 3 is 2.50 bits per heavy atom. The van der Waals surface area contributed by atoms with Crippen molar-refractivity contribution in [2.75, 3.05) is 0 Å². The van der Waals surface area contributed by atoms with Crippen molar-refractivity contribution in [1.82, 2.24) is 5.32 Å². The molecule has 0 saturated heterocycles. The quantitative estimate of drug-likeness (QED) is 0.781. The molecule has 94 valence electrons. The van der Waals surface area contributed by atoms with E-state index >= 15 is 0 Å². The van der Waals surface area contributed by atoms with E-state index in [2.05, 4.69) is 19.2 Å². The van der Waals surface area contributed by atoms with E-state index < -0.39 is 11.5 Å². The molecule has 16 heavy (non-hydrogen) atoms. The summed E-state index contributed by atoms with van der Waals surface area (Å²) < 4.78 is 0. The van der Waals surface area contributed by atoms with Gasteiger partial charge < -0.3 is 5.11 Å². The highest BCUT2D eigenvalue weighted by Crippen LogP contribution is 2.39. The fourth-order valence-electron chi connectivity index (χ4n) is 2.44. The van der Waals surface area contributed by atoms with E-state index in [0.29, 0.717) is 10.5 Å².